The van der Waals surface area contributed by atoms with Crippen LogP contribution in [0.1, 0.15) is 25.7 Å². The highest BCUT2D eigenvalue weighted by Crippen LogP contribution is 2.27. The number of carbonyl (C=O) groups excluding carboxylic acids is 1. The fourth-order valence-corrected chi connectivity index (χ4v) is 1.88. The van der Waals surface area contributed by atoms with Crippen LogP contribution in [0.4, 0.5) is 0 Å². The lowest BCUT2D eigenvalue weighted by Gasteiger charge is -2.21. The van der Waals surface area contributed by atoms with E-state index in [1.165, 1.54) is 12.8 Å². The third-order valence-corrected chi connectivity index (χ3v) is 3.22. The monoisotopic (exact) mass is 227 g/mol. The molecule has 4 nitrogen and oxygen atoms in total. The minimum Gasteiger partial charge on any atom is -0.464 e. The number of nitrogens with one attached hydrogen (secondary N) is 1. The fourth-order valence-electron chi connectivity index (χ4n) is 1.88. The Morgan fingerprint density at radius 2 is 1.94 bits per heavy atom. The predicted molar refractivity (Wildman–Crippen MR) is 60.1 cm³/mol. The summed E-state index contributed by atoms with van der Waals surface area (Å²) in [5.41, 5.74) is 0. The van der Waals surface area contributed by atoms with Crippen molar-refractivity contribution in [3.05, 3.63) is 0 Å². The number of rotatable bonds is 6. The zero-order valence-corrected chi connectivity index (χ0v) is 9.74. The molecule has 1 N–H and O–H groups in total. The molecule has 0 unspecified atom stereocenters. The van der Waals surface area contributed by atoms with Crippen molar-refractivity contribution in [2.24, 2.45) is 11.8 Å². The van der Waals surface area contributed by atoms with Crippen LogP contribution in [-0.2, 0) is 14.3 Å². The molecule has 0 radical (unpaired) electrons. The zero-order valence-electron chi connectivity index (χ0n) is 9.74. The van der Waals surface area contributed by atoms with Gasteiger partial charge in [0.1, 0.15) is 0 Å². The minimum atomic E-state index is -0.118. The number of hydrogen-bond donors (Lipinski definition) is 1. The second-order valence-corrected chi connectivity index (χ2v) is 4.81. The molecule has 0 aromatic carbocycles. The summed E-state index contributed by atoms with van der Waals surface area (Å²) in [5.74, 6) is 1.19. The van der Waals surface area contributed by atoms with Gasteiger partial charge >= 0.3 is 5.97 Å². The van der Waals surface area contributed by atoms with Crippen LogP contribution in [0, 0.1) is 11.8 Å². The van der Waals surface area contributed by atoms with Crippen LogP contribution in [0.25, 0.3) is 0 Å². The van der Waals surface area contributed by atoms with Gasteiger partial charge in [-0.05, 0) is 44.1 Å². The molecule has 2 aliphatic rings. The van der Waals surface area contributed by atoms with E-state index in [2.05, 4.69) is 5.32 Å². The molecule has 0 spiro atoms. The van der Waals surface area contributed by atoms with Crippen molar-refractivity contribution in [1.29, 1.82) is 0 Å². The lowest BCUT2D eigenvalue weighted by Crippen LogP contribution is -2.29. The molecular formula is C12H21NO3. The summed E-state index contributed by atoms with van der Waals surface area (Å²) >= 11 is 0. The first kappa shape index (κ1) is 11.9. The van der Waals surface area contributed by atoms with Crippen LogP contribution < -0.4 is 5.32 Å². The van der Waals surface area contributed by atoms with Crippen LogP contribution >= 0.6 is 0 Å². The standard InChI is InChI=1S/C12H21NO3/c14-12(8-13-7-10-1-2-10)16-9-11-3-5-15-6-4-11/h10-11,13H,1-9H2. The molecule has 1 saturated heterocycles. The summed E-state index contributed by atoms with van der Waals surface area (Å²) in [6.07, 6.45) is 4.65. The van der Waals surface area contributed by atoms with Gasteiger partial charge in [-0.3, -0.25) is 4.79 Å². The molecule has 0 bridgehead atoms. The Balaban J connectivity index is 1.48. The molecule has 2 rings (SSSR count). The Morgan fingerprint density at radius 1 is 1.19 bits per heavy atom. The summed E-state index contributed by atoms with van der Waals surface area (Å²) in [6, 6.07) is 0. The normalized spacial score (nSPS) is 22.0. The van der Waals surface area contributed by atoms with Crippen LogP contribution in [0.2, 0.25) is 0 Å². The average Bonchev–Trinajstić information content (AvgIpc) is 3.12. The van der Waals surface area contributed by atoms with E-state index in [9.17, 15) is 4.79 Å². The molecule has 0 aromatic rings. The van der Waals surface area contributed by atoms with Gasteiger partial charge in [0.05, 0.1) is 13.2 Å². The van der Waals surface area contributed by atoms with E-state index in [0.29, 0.717) is 19.1 Å². The lowest BCUT2D eigenvalue weighted by atomic mass is 10.0. The molecule has 0 atom stereocenters. The first-order chi connectivity index (χ1) is 7.84. The number of ether oxygens (including phenoxy) is 2. The predicted octanol–water partition coefficient (Wildman–Crippen LogP) is 0.956. The first-order valence-corrected chi connectivity index (χ1v) is 6.28. The Labute approximate surface area is 96.7 Å². The van der Waals surface area contributed by atoms with Gasteiger partial charge in [-0.2, -0.15) is 0 Å². The molecule has 4 heteroatoms. The Kier molecular flexibility index (Phi) is 4.60. The van der Waals surface area contributed by atoms with E-state index >= 15 is 0 Å². The summed E-state index contributed by atoms with van der Waals surface area (Å²) < 4.78 is 10.5. The molecule has 1 aliphatic heterocycles. The van der Waals surface area contributed by atoms with Gasteiger partial charge in [-0.25, -0.2) is 0 Å². The number of hydrogen-bond acceptors (Lipinski definition) is 4. The molecule has 0 amide bonds. The van der Waals surface area contributed by atoms with Crippen molar-refractivity contribution in [2.75, 3.05) is 32.9 Å². The second kappa shape index (κ2) is 6.21. The van der Waals surface area contributed by atoms with Crippen LogP contribution in [0.3, 0.4) is 0 Å². The zero-order chi connectivity index (χ0) is 11.2. The van der Waals surface area contributed by atoms with Crippen LogP contribution in [0.5, 0.6) is 0 Å². The number of esters is 1. The summed E-state index contributed by atoms with van der Waals surface area (Å²) in [5, 5.41) is 3.14. The molecule has 1 aliphatic carbocycles. The quantitative estimate of drug-likeness (QED) is 0.686. The van der Waals surface area contributed by atoms with Crippen molar-refractivity contribution in [3.8, 4) is 0 Å². The topological polar surface area (TPSA) is 47.6 Å². The van der Waals surface area contributed by atoms with Gasteiger partial charge in [0, 0.05) is 13.2 Å². The molecule has 1 saturated carbocycles. The summed E-state index contributed by atoms with van der Waals surface area (Å²) in [6.45, 7) is 3.50. The van der Waals surface area contributed by atoms with Crippen molar-refractivity contribution in [3.63, 3.8) is 0 Å². The van der Waals surface area contributed by atoms with Crippen LogP contribution in [0.15, 0.2) is 0 Å². The fraction of sp³-hybridized carbons (Fsp3) is 0.917. The SMILES string of the molecule is O=C(CNCC1CC1)OCC1CCOCC1. The maximum atomic E-state index is 11.4. The molecule has 0 aromatic heterocycles. The van der Waals surface area contributed by atoms with Gasteiger partial charge in [0.25, 0.3) is 0 Å². The van der Waals surface area contributed by atoms with E-state index in [4.69, 9.17) is 9.47 Å². The highest BCUT2D eigenvalue weighted by Gasteiger charge is 2.21. The van der Waals surface area contributed by atoms with E-state index in [-0.39, 0.29) is 5.97 Å². The maximum absolute atomic E-state index is 11.4. The highest BCUT2D eigenvalue weighted by molar-refractivity contribution is 5.71. The van der Waals surface area contributed by atoms with Gasteiger partial charge in [-0.1, -0.05) is 0 Å². The molecule has 1 heterocycles. The van der Waals surface area contributed by atoms with E-state index in [1.54, 1.807) is 0 Å². The van der Waals surface area contributed by atoms with Crippen molar-refractivity contribution < 1.29 is 14.3 Å². The lowest BCUT2D eigenvalue weighted by molar-refractivity contribution is -0.144. The Morgan fingerprint density at radius 3 is 2.62 bits per heavy atom. The largest absolute Gasteiger partial charge is 0.464 e. The van der Waals surface area contributed by atoms with Gasteiger partial charge in [0.2, 0.25) is 0 Å². The third kappa shape index (κ3) is 4.49. The van der Waals surface area contributed by atoms with E-state index in [1.807, 2.05) is 0 Å². The van der Waals surface area contributed by atoms with Crippen molar-refractivity contribution >= 4 is 5.97 Å². The van der Waals surface area contributed by atoms with Crippen molar-refractivity contribution in [1.82, 2.24) is 5.32 Å². The number of carbonyl (C=O) groups is 1. The van der Waals surface area contributed by atoms with E-state index < -0.39 is 0 Å². The smallest absolute Gasteiger partial charge is 0.319 e. The van der Waals surface area contributed by atoms with Gasteiger partial charge in [-0.15, -0.1) is 0 Å². The van der Waals surface area contributed by atoms with Crippen LogP contribution in [-0.4, -0.2) is 38.9 Å². The van der Waals surface area contributed by atoms with E-state index in [0.717, 1.165) is 38.5 Å². The third-order valence-electron chi connectivity index (χ3n) is 3.22. The summed E-state index contributed by atoms with van der Waals surface area (Å²) in [4.78, 5) is 11.4. The highest BCUT2D eigenvalue weighted by atomic mass is 16.5. The maximum Gasteiger partial charge on any atom is 0.319 e. The van der Waals surface area contributed by atoms with Gasteiger partial charge in [0.15, 0.2) is 0 Å². The molecule has 2 fully saturated rings. The second-order valence-electron chi connectivity index (χ2n) is 4.81. The Hall–Kier alpha value is -0.610. The van der Waals surface area contributed by atoms with Gasteiger partial charge < -0.3 is 14.8 Å². The van der Waals surface area contributed by atoms with Crippen molar-refractivity contribution in [2.45, 2.75) is 25.7 Å². The summed E-state index contributed by atoms with van der Waals surface area (Å²) in [7, 11) is 0. The Bertz CT molecular complexity index is 222. The molecular weight excluding hydrogens is 206 g/mol. The minimum absolute atomic E-state index is 0.118. The average molecular weight is 227 g/mol. The molecule has 92 valence electrons. The molecule has 16 heavy (non-hydrogen) atoms. The first-order valence-electron chi connectivity index (χ1n) is 6.28.